The highest BCUT2D eigenvalue weighted by molar-refractivity contribution is 6.45. The van der Waals surface area contributed by atoms with E-state index in [-0.39, 0.29) is 5.82 Å². The average molecular weight is 483 g/mol. The summed E-state index contributed by atoms with van der Waals surface area (Å²) in [6, 6.07) is 17.1. The van der Waals surface area contributed by atoms with Crippen LogP contribution >= 0.6 is 23.2 Å². The van der Waals surface area contributed by atoms with Crippen molar-refractivity contribution in [1.29, 1.82) is 0 Å². The molecule has 0 bridgehead atoms. The number of hydrogen-bond donors (Lipinski definition) is 1. The second kappa shape index (κ2) is 8.77. The van der Waals surface area contributed by atoms with Gasteiger partial charge in [-0.15, -0.1) is 0 Å². The first-order valence-corrected chi connectivity index (χ1v) is 11.8. The predicted octanol–water partition coefficient (Wildman–Crippen LogP) is 7.40. The third-order valence-corrected chi connectivity index (χ3v) is 7.29. The SMILES string of the molecule is CN(C)CCCC1(c2ccc(F)cc2)OCc2cc(-c3cc(Cl)c(Cl)c4[nH]ccc34)ccc21. The number of aromatic amines is 1. The summed E-state index contributed by atoms with van der Waals surface area (Å²) >= 11 is 12.8. The van der Waals surface area contributed by atoms with Gasteiger partial charge in [0.25, 0.3) is 0 Å². The molecule has 0 amide bonds. The van der Waals surface area contributed by atoms with E-state index in [4.69, 9.17) is 27.9 Å². The van der Waals surface area contributed by atoms with Gasteiger partial charge >= 0.3 is 0 Å². The molecule has 1 unspecified atom stereocenters. The first-order valence-electron chi connectivity index (χ1n) is 11.0. The van der Waals surface area contributed by atoms with Crippen LogP contribution in [0.25, 0.3) is 22.0 Å². The highest BCUT2D eigenvalue weighted by Crippen LogP contribution is 2.47. The number of aromatic nitrogens is 1. The van der Waals surface area contributed by atoms with Gasteiger partial charge in [0.05, 0.1) is 22.2 Å². The Hall–Kier alpha value is -2.37. The number of benzene rings is 3. The lowest BCUT2D eigenvalue weighted by molar-refractivity contribution is -0.0140. The molecule has 0 radical (unpaired) electrons. The van der Waals surface area contributed by atoms with Crippen molar-refractivity contribution in [2.45, 2.75) is 25.0 Å². The fourth-order valence-electron chi connectivity index (χ4n) is 4.91. The van der Waals surface area contributed by atoms with Crippen LogP contribution in [0, 0.1) is 5.82 Å². The van der Waals surface area contributed by atoms with Gasteiger partial charge in [-0.3, -0.25) is 0 Å². The van der Waals surface area contributed by atoms with Crippen molar-refractivity contribution in [3.63, 3.8) is 0 Å². The number of rotatable bonds is 6. The summed E-state index contributed by atoms with van der Waals surface area (Å²) in [5, 5.41) is 2.07. The molecule has 2 heterocycles. The largest absolute Gasteiger partial charge is 0.361 e. The van der Waals surface area contributed by atoms with Crippen LogP contribution in [0.2, 0.25) is 10.0 Å². The van der Waals surface area contributed by atoms with Crippen molar-refractivity contribution in [3.05, 3.63) is 93.3 Å². The number of hydrogen-bond acceptors (Lipinski definition) is 2. The monoisotopic (exact) mass is 482 g/mol. The molecular formula is C27H25Cl2FN2O. The van der Waals surface area contributed by atoms with E-state index in [0.29, 0.717) is 16.7 Å². The predicted molar refractivity (Wildman–Crippen MR) is 134 cm³/mol. The third-order valence-electron chi connectivity index (χ3n) is 6.51. The molecule has 0 saturated carbocycles. The van der Waals surface area contributed by atoms with E-state index in [1.807, 2.05) is 30.5 Å². The fourth-order valence-corrected chi connectivity index (χ4v) is 5.32. The Kier molecular flexibility index (Phi) is 5.96. The summed E-state index contributed by atoms with van der Waals surface area (Å²) in [4.78, 5) is 5.36. The lowest BCUT2D eigenvalue weighted by atomic mass is 9.81. The molecule has 1 aliphatic heterocycles. The lowest BCUT2D eigenvalue weighted by Gasteiger charge is -2.31. The van der Waals surface area contributed by atoms with Crippen molar-refractivity contribution in [1.82, 2.24) is 9.88 Å². The number of H-pyrrole nitrogens is 1. The number of halogens is 3. The zero-order valence-electron chi connectivity index (χ0n) is 18.6. The van der Waals surface area contributed by atoms with Crippen molar-refractivity contribution >= 4 is 34.1 Å². The van der Waals surface area contributed by atoms with Gasteiger partial charge in [-0.25, -0.2) is 4.39 Å². The first kappa shape index (κ1) is 22.4. The molecule has 0 saturated heterocycles. The Morgan fingerprint density at radius 1 is 1.06 bits per heavy atom. The Morgan fingerprint density at radius 2 is 1.85 bits per heavy atom. The van der Waals surface area contributed by atoms with Gasteiger partial charge in [0.2, 0.25) is 0 Å². The zero-order chi connectivity index (χ0) is 23.2. The minimum absolute atomic E-state index is 0.245. The molecule has 1 aromatic heterocycles. The fraction of sp³-hybridized carbons (Fsp3) is 0.259. The maximum Gasteiger partial charge on any atom is 0.123 e. The summed E-state index contributed by atoms with van der Waals surface area (Å²) in [5.74, 6) is -0.245. The molecule has 170 valence electrons. The van der Waals surface area contributed by atoms with Crippen LogP contribution in [-0.4, -0.2) is 30.5 Å². The van der Waals surface area contributed by atoms with Crippen LogP contribution in [0.1, 0.15) is 29.5 Å². The van der Waals surface area contributed by atoms with E-state index < -0.39 is 5.60 Å². The van der Waals surface area contributed by atoms with Crippen LogP contribution in [0.15, 0.2) is 60.8 Å². The first-order chi connectivity index (χ1) is 15.9. The normalized spacial score (nSPS) is 17.8. The second-order valence-electron chi connectivity index (χ2n) is 8.89. The lowest BCUT2D eigenvalue weighted by Crippen LogP contribution is -2.28. The van der Waals surface area contributed by atoms with Gasteiger partial charge in [0.1, 0.15) is 11.4 Å². The zero-order valence-corrected chi connectivity index (χ0v) is 20.1. The molecule has 5 rings (SSSR count). The highest BCUT2D eigenvalue weighted by atomic mass is 35.5. The maximum absolute atomic E-state index is 13.7. The quantitative estimate of drug-likeness (QED) is 0.310. The minimum Gasteiger partial charge on any atom is -0.361 e. The van der Waals surface area contributed by atoms with E-state index in [9.17, 15) is 4.39 Å². The van der Waals surface area contributed by atoms with Crippen LogP contribution in [0.3, 0.4) is 0 Å². The number of fused-ring (bicyclic) bond motifs is 2. The molecule has 33 heavy (non-hydrogen) atoms. The summed E-state index contributed by atoms with van der Waals surface area (Å²) in [6.07, 6.45) is 3.65. The molecule has 0 fully saturated rings. The molecule has 0 aliphatic carbocycles. The van der Waals surface area contributed by atoms with Crippen molar-refractivity contribution in [2.75, 3.05) is 20.6 Å². The Bertz CT molecular complexity index is 1320. The molecule has 4 aromatic rings. The van der Waals surface area contributed by atoms with Crippen molar-refractivity contribution in [2.24, 2.45) is 0 Å². The molecule has 1 aliphatic rings. The Morgan fingerprint density at radius 3 is 2.61 bits per heavy atom. The standard InChI is InChI=1S/C27H25Cl2FN2O/c1-32(2)13-3-11-27(19-5-7-20(30)8-6-19)23-9-4-17(14-18(23)16-33-27)22-15-24(28)25(29)26-21(22)10-12-31-26/h4-10,12,14-15,31H,3,11,13,16H2,1-2H3. The molecule has 1 atom stereocenters. The van der Waals surface area contributed by atoms with E-state index >= 15 is 0 Å². The summed E-state index contributed by atoms with van der Waals surface area (Å²) < 4.78 is 20.2. The van der Waals surface area contributed by atoms with Gasteiger partial charge in [0.15, 0.2) is 0 Å². The van der Waals surface area contributed by atoms with Crippen molar-refractivity contribution < 1.29 is 9.13 Å². The smallest absolute Gasteiger partial charge is 0.123 e. The van der Waals surface area contributed by atoms with Crippen LogP contribution in [0.5, 0.6) is 0 Å². The second-order valence-corrected chi connectivity index (χ2v) is 9.67. The number of ether oxygens (including phenoxy) is 1. The highest BCUT2D eigenvalue weighted by Gasteiger charge is 2.41. The number of nitrogens with one attached hydrogen (secondary N) is 1. The molecule has 3 nitrogen and oxygen atoms in total. The molecule has 3 aromatic carbocycles. The summed E-state index contributed by atoms with van der Waals surface area (Å²) in [5.41, 5.74) is 5.59. The number of nitrogens with zero attached hydrogens (tertiary/aromatic N) is 1. The molecule has 6 heteroatoms. The van der Waals surface area contributed by atoms with Gasteiger partial charge < -0.3 is 14.6 Å². The van der Waals surface area contributed by atoms with E-state index in [1.165, 1.54) is 12.1 Å². The van der Waals surface area contributed by atoms with Gasteiger partial charge in [0, 0.05) is 11.6 Å². The Labute approximate surface area is 203 Å². The van der Waals surface area contributed by atoms with Crippen LogP contribution in [-0.2, 0) is 16.9 Å². The maximum atomic E-state index is 13.7. The van der Waals surface area contributed by atoms with Gasteiger partial charge in [-0.1, -0.05) is 47.5 Å². The average Bonchev–Trinajstić information content (AvgIpc) is 3.42. The summed E-state index contributed by atoms with van der Waals surface area (Å²) in [6.45, 7) is 1.45. The molecule has 0 spiro atoms. The molecular weight excluding hydrogens is 458 g/mol. The summed E-state index contributed by atoms with van der Waals surface area (Å²) in [7, 11) is 4.14. The van der Waals surface area contributed by atoms with Crippen molar-refractivity contribution in [3.8, 4) is 11.1 Å². The van der Waals surface area contributed by atoms with Gasteiger partial charge in [-0.2, -0.15) is 0 Å². The van der Waals surface area contributed by atoms with Crippen LogP contribution < -0.4 is 0 Å². The van der Waals surface area contributed by atoms with E-state index in [2.05, 4.69) is 42.2 Å². The molecule has 1 N–H and O–H groups in total. The van der Waals surface area contributed by atoms with Crippen LogP contribution in [0.4, 0.5) is 4.39 Å². The minimum atomic E-state index is -0.585. The van der Waals surface area contributed by atoms with Gasteiger partial charge in [-0.05, 0) is 91.6 Å². The third kappa shape index (κ3) is 3.95. The topological polar surface area (TPSA) is 28.3 Å². The van der Waals surface area contributed by atoms with E-state index in [0.717, 1.165) is 58.1 Å². The van der Waals surface area contributed by atoms with E-state index in [1.54, 1.807) is 0 Å². The Balaban J connectivity index is 1.59.